The zero-order chi connectivity index (χ0) is 19.1. The van der Waals surface area contributed by atoms with E-state index < -0.39 is 0 Å². The zero-order valence-electron chi connectivity index (χ0n) is 15.5. The van der Waals surface area contributed by atoms with E-state index in [2.05, 4.69) is 17.4 Å². The number of amides is 1. The van der Waals surface area contributed by atoms with Crippen LogP contribution in [0.4, 0.5) is 5.69 Å². The molecular formula is C23H23NO2S. The number of benzene rings is 3. The summed E-state index contributed by atoms with van der Waals surface area (Å²) in [5.41, 5.74) is 2.55. The highest BCUT2D eigenvalue weighted by molar-refractivity contribution is 7.98. The van der Waals surface area contributed by atoms with Crippen molar-refractivity contribution in [1.82, 2.24) is 0 Å². The molecule has 0 saturated carbocycles. The molecule has 0 bridgehead atoms. The molecule has 0 unspecified atom stereocenters. The van der Waals surface area contributed by atoms with Gasteiger partial charge in [0.2, 0.25) is 0 Å². The Hall–Kier alpha value is -2.72. The maximum absolute atomic E-state index is 12.5. The number of nitrogens with one attached hydrogen (secondary N) is 1. The van der Waals surface area contributed by atoms with Crippen molar-refractivity contribution in [1.29, 1.82) is 0 Å². The van der Waals surface area contributed by atoms with Crippen molar-refractivity contribution in [3.05, 3.63) is 90.0 Å². The molecule has 0 aliphatic carbocycles. The fourth-order valence-electron chi connectivity index (χ4n) is 2.56. The summed E-state index contributed by atoms with van der Waals surface area (Å²) in [6.45, 7) is 3.95. The molecule has 27 heavy (non-hydrogen) atoms. The summed E-state index contributed by atoms with van der Waals surface area (Å²) < 4.78 is 5.67. The van der Waals surface area contributed by atoms with E-state index in [-0.39, 0.29) is 12.0 Å². The van der Waals surface area contributed by atoms with Gasteiger partial charge in [-0.3, -0.25) is 4.79 Å². The number of ether oxygens (including phenoxy) is 1. The van der Waals surface area contributed by atoms with Crippen LogP contribution in [-0.4, -0.2) is 12.0 Å². The molecule has 0 aliphatic rings. The lowest BCUT2D eigenvalue weighted by Crippen LogP contribution is -2.12. The minimum absolute atomic E-state index is 0.0947. The predicted octanol–water partition coefficient (Wildman–Crippen LogP) is 6.02. The summed E-state index contributed by atoms with van der Waals surface area (Å²) in [4.78, 5) is 13.7. The van der Waals surface area contributed by atoms with Gasteiger partial charge in [-0.1, -0.05) is 36.4 Å². The van der Waals surface area contributed by atoms with E-state index in [9.17, 15) is 4.79 Å². The Labute approximate surface area is 164 Å². The Kier molecular flexibility index (Phi) is 6.55. The van der Waals surface area contributed by atoms with Crippen molar-refractivity contribution in [2.24, 2.45) is 0 Å². The molecule has 0 radical (unpaired) electrons. The monoisotopic (exact) mass is 377 g/mol. The van der Waals surface area contributed by atoms with Crippen LogP contribution in [0.5, 0.6) is 5.75 Å². The molecule has 1 N–H and O–H groups in total. The lowest BCUT2D eigenvalue weighted by atomic mass is 10.1. The summed E-state index contributed by atoms with van der Waals surface area (Å²) in [5.74, 6) is 1.50. The topological polar surface area (TPSA) is 38.3 Å². The van der Waals surface area contributed by atoms with Gasteiger partial charge in [0.25, 0.3) is 5.91 Å². The van der Waals surface area contributed by atoms with E-state index in [0.717, 1.165) is 17.2 Å². The molecular weight excluding hydrogens is 354 g/mol. The zero-order valence-corrected chi connectivity index (χ0v) is 16.3. The van der Waals surface area contributed by atoms with Gasteiger partial charge in [0.05, 0.1) is 6.10 Å². The summed E-state index contributed by atoms with van der Waals surface area (Å²) in [6.07, 6.45) is 0.0947. The van der Waals surface area contributed by atoms with Crippen molar-refractivity contribution < 1.29 is 9.53 Å². The maximum Gasteiger partial charge on any atom is 0.255 e. The third kappa shape index (κ3) is 5.90. The first kappa shape index (κ1) is 19.1. The largest absolute Gasteiger partial charge is 0.491 e. The third-order valence-electron chi connectivity index (χ3n) is 3.83. The number of carbonyl (C=O) groups is 1. The molecule has 138 valence electrons. The Balaban J connectivity index is 1.59. The molecule has 0 aromatic heterocycles. The second kappa shape index (κ2) is 9.28. The molecule has 1 amide bonds. The Morgan fingerprint density at radius 2 is 1.70 bits per heavy atom. The summed E-state index contributed by atoms with van der Waals surface area (Å²) in [7, 11) is 0. The Morgan fingerprint density at radius 3 is 2.41 bits per heavy atom. The van der Waals surface area contributed by atoms with E-state index in [1.807, 2.05) is 80.6 Å². The lowest BCUT2D eigenvalue weighted by Gasteiger charge is -2.11. The van der Waals surface area contributed by atoms with Gasteiger partial charge in [0, 0.05) is 28.0 Å². The molecule has 3 aromatic rings. The molecule has 0 aliphatic heterocycles. The van der Waals surface area contributed by atoms with Gasteiger partial charge < -0.3 is 10.1 Å². The van der Waals surface area contributed by atoms with Gasteiger partial charge in [-0.2, -0.15) is 0 Å². The third-order valence-corrected chi connectivity index (χ3v) is 4.91. The minimum Gasteiger partial charge on any atom is -0.491 e. The van der Waals surface area contributed by atoms with Crippen molar-refractivity contribution in [3.63, 3.8) is 0 Å². The SMILES string of the molecule is CC(C)Oc1cccc(NC(=O)c2ccc(CSc3ccccc3)cc2)c1. The van der Waals surface area contributed by atoms with Crippen molar-refractivity contribution in [3.8, 4) is 5.75 Å². The molecule has 3 nitrogen and oxygen atoms in total. The highest BCUT2D eigenvalue weighted by atomic mass is 32.2. The summed E-state index contributed by atoms with van der Waals surface area (Å²) >= 11 is 1.78. The maximum atomic E-state index is 12.5. The lowest BCUT2D eigenvalue weighted by molar-refractivity contribution is 0.102. The number of anilines is 1. The molecule has 0 atom stereocenters. The van der Waals surface area contributed by atoms with Crippen LogP contribution in [0.25, 0.3) is 0 Å². The van der Waals surface area contributed by atoms with Gasteiger partial charge in [-0.05, 0) is 55.8 Å². The highest BCUT2D eigenvalue weighted by Gasteiger charge is 2.07. The van der Waals surface area contributed by atoms with Gasteiger partial charge in [-0.25, -0.2) is 0 Å². The van der Waals surface area contributed by atoms with Gasteiger partial charge in [-0.15, -0.1) is 11.8 Å². The van der Waals surface area contributed by atoms with Crippen LogP contribution in [0.2, 0.25) is 0 Å². The standard InChI is InChI=1S/C23H23NO2S/c1-17(2)26-21-8-6-7-20(15-21)24-23(25)19-13-11-18(12-14-19)16-27-22-9-4-3-5-10-22/h3-15,17H,16H2,1-2H3,(H,24,25). The van der Waals surface area contributed by atoms with Crippen molar-refractivity contribution in [2.75, 3.05) is 5.32 Å². The van der Waals surface area contributed by atoms with Crippen LogP contribution in [0.3, 0.4) is 0 Å². The highest BCUT2D eigenvalue weighted by Crippen LogP contribution is 2.23. The molecule has 0 heterocycles. The number of carbonyl (C=O) groups excluding carboxylic acids is 1. The average molecular weight is 378 g/mol. The first-order valence-electron chi connectivity index (χ1n) is 8.95. The molecule has 0 saturated heterocycles. The van der Waals surface area contributed by atoms with Crippen LogP contribution >= 0.6 is 11.8 Å². The van der Waals surface area contributed by atoms with E-state index in [4.69, 9.17) is 4.74 Å². The van der Waals surface area contributed by atoms with Crippen molar-refractivity contribution in [2.45, 2.75) is 30.6 Å². The molecule has 4 heteroatoms. The van der Waals surface area contributed by atoms with Crippen molar-refractivity contribution >= 4 is 23.4 Å². The average Bonchev–Trinajstić information content (AvgIpc) is 2.67. The number of hydrogen-bond donors (Lipinski definition) is 1. The Morgan fingerprint density at radius 1 is 0.963 bits per heavy atom. The fraction of sp³-hybridized carbons (Fsp3) is 0.174. The Bertz CT molecular complexity index is 876. The van der Waals surface area contributed by atoms with Crippen LogP contribution < -0.4 is 10.1 Å². The summed E-state index contributed by atoms with van der Waals surface area (Å²) in [6, 6.07) is 25.5. The van der Waals surface area contributed by atoms with E-state index in [1.54, 1.807) is 11.8 Å². The van der Waals surface area contributed by atoms with Gasteiger partial charge in [0.15, 0.2) is 0 Å². The fourth-order valence-corrected chi connectivity index (χ4v) is 3.43. The van der Waals surface area contributed by atoms with Gasteiger partial charge >= 0.3 is 0 Å². The molecule has 0 spiro atoms. The second-order valence-corrected chi connectivity index (χ2v) is 7.50. The minimum atomic E-state index is -0.126. The van der Waals surface area contributed by atoms with E-state index in [1.165, 1.54) is 10.5 Å². The quantitative estimate of drug-likeness (QED) is 0.512. The summed E-state index contributed by atoms with van der Waals surface area (Å²) in [5, 5.41) is 2.93. The van der Waals surface area contributed by atoms with Gasteiger partial charge in [0.1, 0.15) is 5.75 Å². The molecule has 3 aromatic carbocycles. The second-order valence-electron chi connectivity index (χ2n) is 6.45. The van der Waals surface area contributed by atoms with Crippen LogP contribution in [0.15, 0.2) is 83.8 Å². The normalized spacial score (nSPS) is 10.6. The smallest absolute Gasteiger partial charge is 0.255 e. The first-order chi connectivity index (χ1) is 13.1. The van der Waals surface area contributed by atoms with Crippen LogP contribution in [0, 0.1) is 0 Å². The molecule has 3 rings (SSSR count). The van der Waals surface area contributed by atoms with E-state index >= 15 is 0 Å². The number of thioether (sulfide) groups is 1. The first-order valence-corrected chi connectivity index (χ1v) is 9.93. The predicted molar refractivity (Wildman–Crippen MR) is 113 cm³/mol. The van der Waals surface area contributed by atoms with E-state index in [0.29, 0.717) is 5.56 Å². The van der Waals surface area contributed by atoms with Crippen LogP contribution in [0.1, 0.15) is 29.8 Å². The number of hydrogen-bond acceptors (Lipinski definition) is 3. The molecule has 0 fully saturated rings. The van der Waals surface area contributed by atoms with Crippen LogP contribution in [-0.2, 0) is 5.75 Å². The number of rotatable bonds is 7.